The third kappa shape index (κ3) is 1.81. The summed E-state index contributed by atoms with van der Waals surface area (Å²) in [5.74, 6) is 0. The molecule has 2 nitrogen and oxygen atoms in total. The Morgan fingerprint density at radius 1 is 1.00 bits per heavy atom. The minimum absolute atomic E-state index is 1.81. The van der Waals surface area contributed by atoms with E-state index in [1.165, 1.54) is 0 Å². The Labute approximate surface area is 60.4 Å². The van der Waals surface area contributed by atoms with Crippen LogP contribution in [0.3, 0.4) is 0 Å². The van der Waals surface area contributed by atoms with Crippen molar-refractivity contribution in [1.82, 2.24) is 0 Å². The van der Waals surface area contributed by atoms with E-state index in [-0.39, 0.29) is 0 Å². The van der Waals surface area contributed by atoms with E-state index in [9.17, 15) is 17.6 Å². The molecule has 2 unspecified atom stereocenters. The summed E-state index contributed by atoms with van der Waals surface area (Å²) in [6.45, 7) is -3.61. The largest absolute Gasteiger partial charge is 0.363 e. The van der Waals surface area contributed by atoms with Crippen molar-refractivity contribution in [1.29, 1.82) is 0 Å². The van der Waals surface area contributed by atoms with Gasteiger partial charge in [-0.15, -0.1) is 0 Å². The second-order valence-corrected chi connectivity index (χ2v) is 2.17. The Bertz CT molecular complexity index is 103. The van der Waals surface area contributed by atoms with Crippen molar-refractivity contribution in [3.63, 3.8) is 0 Å². The molecule has 0 rings (SSSR count). The zero-order chi connectivity index (χ0) is 9.07. The molecule has 0 aromatic carbocycles. The maximum absolute atomic E-state index is 11.9. The number of hydrogen-bond acceptors (Lipinski definition) is 2. The second-order valence-electron chi connectivity index (χ2n) is 2.17. The van der Waals surface area contributed by atoms with E-state index in [1.54, 1.807) is 0 Å². The SMILES string of the molecule is OC(F)C(CF)(CF)C(O)F. The molecular weight excluding hydrogens is 168 g/mol. The lowest BCUT2D eigenvalue weighted by atomic mass is 9.91. The van der Waals surface area contributed by atoms with E-state index in [0.29, 0.717) is 0 Å². The number of rotatable bonds is 4. The van der Waals surface area contributed by atoms with Crippen molar-refractivity contribution in [3.05, 3.63) is 0 Å². The molecule has 2 N–H and O–H groups in total. The van der Waals surface area contributed by atoms with Gasteiger partial charge in [0.25, 0.3) is 0 Å². The first-order chi connectivity index (χ1) is 5.01. The van der Waals surface area contributed by atoms with Crippen LogP contribution in [0.25, 0.3) is 0 Å². The molecular formula is C5H8F4O2. The summed E-state index contributed by atoms with van der Waals surface area (Å²) in [5.41, 5.74) is -2.97. The molecule has 0 radical (unpaired) electrons. The average molecular weight is 176 g/mol. The van der Waals surface area contributed by atoms with Crippen molar-refractivity contribution in [2.45, 2.75) is 12.7 Å². The zero-order valence-electron chi connectivity index (χ0n) is 5.48. The van der Waals surface area contributed by atoms with Gasteiger partial charge in [-0.1, -0.05) is 0 Å². The predicted molar refractivity (Wildman–Crippen MR) is 28.6 cm³/mol. The number of aliphatic hydroxyl groups is 2. The zero-order valence-corrected chi connectivity index (χ0v) is 5.48. The van der Waals surface area contributed by atoms with Crippen LogP contribution < -0.4 is 0 Å². The van der Waals surface area contributed by atoms with Crippen LogP contribution in [-0.4, -0.2) is 36.3 Å². The van der Waals surface area contributed by atoms with Crippen molar-refractivity contribution >= 4 is 0 Å². The molecule has 2 atom stereocenters. The third-order valence-electron chi connectivity index (χ3n) is 1.45. The second kappa shape index (κ2) is 3.87. The van der Waals surface area contributed by atoms with E-state index < -0.39 is 31.5 Å². The Kier molecular flexibility index (Phi) is 3.74. The quantitative estimate of drug-likeness (QED) is 0.612. The summed E-state index contributed by atoms with van der Waals surface area (Å²) in [6, 6.07) is 0. The third-order valence-corrected chi connectivity index (χ3v) is 1.45. The van der Waals surface area contributed by atoms with E-state index in [0.717, 1.165) is 0 Å². The fourth-order valence-corrected chi connectivity index (χ4v) is 0.404. The minimum atomic E-state index is -3.06. The van der Waals surface area contributed by atoms with E-state index in [2.05, 4.69) is 0 Å². The topological polar surface area (TPSA) is 40.5 Å². The van der Waals surface area contributed by atoms with Gasteiger partial charge in [0.2, 0.25) is 12.7 Å². The van der Waals surface area contributed by atoms with Gasteiger partial charge in [-0.3, -0.25) is 0 Å². The molecule has 0 aliphatic rings. The molecule has 0 aromatic rings. The van der Waals surface area contributed by atoms with Crippen molar-refractivity contribution < 1.29 is 27.8 Å². The molecule has 0 spiro atoms. The average Bonchev–Trinajstić information content (AvgIpc) is 1.90. The van der Waals surface area contributed by atoms with E-state index >= 15 is 0 Å². The summed E-state index contributed by atoms with van der Waals surface area (Å²) in [4.78, 5) is 0. The number of aliphatic hydroxyl groups excluding tert-OH is 2. The molecule has 0 aliphatic carbocycles. The number of hydrogen-bond donors (Lipinski definition) is 2. The Morgan fingerprint density at radius 2 is 1.27 bits per heavy atom. The van der Waals surface area contributed by atoms with Gasteiger partial charge in [0, 0.05) is 0 Å². The van der Waals surface area contributed by atoms with Crippen LogP contribution in [0.4, 0.5) is 17.6 Å². The van der Waals surface area contributed by atoms with Gasteiger partial charge < -0.3 is 10.2 Å². The van der Waals surface area contributed by atoms with Crippen molar-refractivity contribution in [2.75, 3.05) is 13.3 Å². The van der Waals surface area contributed by atoms with E-state index in [1.807, 2.05) is 0 Å². The molecule has 0 saturated heterocycles. The molecule has 11 heavy (non-hydrogen) atoms. The Hall–Kier alpha value is -0.360. The maximum atomic E-state index is 11.9. The van der Waals surface area contributed by atoms with Gasteiger partial charge in [-0.2, -0.15) is 0 Å². The smallest absolute Gasteiger partial charge is 0.212 e. The van der Waals surface area contributed by atoms with Crippen LogP contribution in [0, 0.1) is 5.41 Å². The molecule has 0 aromatic heterocycles. The molecule has 68 valence electrons. The molecule has 0 fully saturated rings. The highest BCUT2D eigenvalue weighted by Crippen LogP contribution is 2.30. The predicted octanol–water partition coefficient (Wildman–Crippen LogP) is 0.488. The number of halogens is 4. The number of alkyl halides is 4. The van der Waals surface area contributed by atoms with Crippen LogP contribution in [0.5, 0.6) is 0 Å². The molecule has 0 bridgehead atoms. The van der Waals surface area contributed by atoms with Crippen LogP contribution in [-0.2, 0) is 0 Å². The summed E-state index contributed by atoms with van der Waals surface area (Å²) in [6.07, 6.45) is -6.12. The van der Waals surface area contributed by atoms with Gasteiger partial charge in [0.05, 0.1) is 0 Å². The van der Waals surface area contributed by atoms with Crippen molar-refractivity contribution in [2.24, 2.45) is 5.41 Å². The Morgan fingerprint density at radius 3 is 1.27 bits per heavy atom. The standard InChI is InChI=1S/C5H8F4O2/c6-1-5(2-7,3(8)10)4(9)11/h3-4,10-11H,1-2H2. The minimum Gasteiger partial charge on any atom is -0.363 e. The van der Waals surface area contributed by atoms with Crippen LogP contribution in [0.15, 0.2) is 0 Å². The summed E-state index contributed by atoms with van der Waals surface area (Å²) in [7, 11) is 0. The molecule has 0 saturated carbocycles. The first-order valence-electron chi connectivity index (χ1n) is 2.77. The van der Waals surface area contributed by atoms with E-state index in [4.69, 9.17) is 10.2 Å². The van der Waals surface area contributed by atoms with Gasteiger partial charge >= 0.3 is 0 Å². The molecule has 6 heteroatoms. The van der Waals surface area contributed by atoms with Crippen LogP contribution in [0.1, 0.15) is 0 Å². The molecule has 0 aliphatic heterocycles. The lowest BCUT2D eigenvalue weighted by molar-refractivity contribution is -0.191. The van der Waals surface area contributed by atoms with Crippen LogP contribution >= 0.6 is 0 Å². The first-order valence-corrected chi connectivity index (χ1v) is 2.77. The normalized spacial score (nSPS) is 18.0. The monoisotopic (exact) mass is 176 g/mol. The van der Waals surface area contributed by atoms with Gasteiger partial charge in [-0.25, -0.2) is 17.6 Å². The highest BCUT2D eigenvalue weighted by Gasteiger charge is 2.47. The summed E-state index contributed by atoms with van der Waals surface area (Å²) < 4.78 is 47.4. The highest BCUT2D eigenvalue weighted by atomic mass is 19.2. The molecule has 0 heterocycles. The fraction of sp³-hybridized carbons (Fsp3) is 1.00. The Balaban J connectivity index is 4.46. The molecule has 0 amide bonds. The lowest BCUT2D eigenvalue weighted by Gasteiger charge is -2.27. The van der Waals surface area contributed by atoms with Gasteiger partial charge in [0.15, 0.2) is 0 Å². The fourth-order valence-electron chi connectivity index (χ4n) is 0.404. The lowest BCUT2D eigenvalue weighted by Crippen LogP contribution is -2.45. The van der Waals surface area contributed by atoms with Gasteiger partial charge in [0.1, 0.15) is 18.8 Å². The van der Waals surface area contributed by atoms with Crippen molar-refractivity contribution in [3.8, 4) is 0 Å². The highest BCUT2D eigenvalue weighted by molar-refractivity contribution is 4.82. The first kappa shape index (κ1) is 10.6. The van der Waals surface area contributed by atoms with Gasteiger partial charge in [-0.05, 0) is 0 Å². The summed E-state index contributed by atoms with van der Waals surface area (Å²) in [5, 5.41) is 16.2. The summed E-state index contributed by atoms with van der Waals surface area (Å²) >= 11 is 0. The van der Waals surface area contributed by atoms with Crippen LogP contribution in [0.2, 0.25) is 0 Å². The maximum Gasteiger partial charge on any atom is 0.212 e.